The van der Waals surface area contributed by atoms with E-state index >= 15 is 0 Å². The molecule has 1 saturated heterocycles. The third kappa shape index (κ3) is 4.72. The van der Waals surface area contributed by atoms with Crippen LogP contribution in [0.4, 0.5) is 0 Å². The number of likely N-dealkylation sites (tertiary alicyclic amines) is 1. The molecule has 1 aliphatic rings. The molecule has 1 aromatic carbocycles. The molecule has 0 aliphatic carbocycles. The standard InChI is InChI=1S/C22H28N2O4S/c1-14(2)11-23-21(25)18-13-24(22(26)20-6-5-9-29-20)12-17(18)16-10-15(27-3)7-8-19(16)28-4/h5-10,14,17-18H,11-13H2,1-4H3,(H,23,25)/t17-,18+/m1/s1. The van der Waals surface area contributed by atoms with Crippen LogP contribution in [-0.4, -0.2) is 50.6 Å². The fraction of sp³-hybridized carbons (Fsp3) is 0.455. The zero-order valence-corrected chi connectivity index (χ0v) is 18.1. The van der Waals surface area contributed by atoms with Crippen molar-refractivity contribution in [1.82, 2.24) is 10.2 Å². The molecule has 6 nitrogen and oxygen atoms in total. The molecule has 156 valence electrons. The van der Waals surface area contributed by atoms with Crippen LogP contribution in [0.3, 0.4) is 0 Å². The molecule has 0 saturated carbocycles. The Morgan fingerprint density at radius 2 is 2.00 bits per heavy atom. The minimum Gasteiger partial charge on any atom is -0.497 e. The molecule has 1 aliphatic heterocycles. The number of thiophene rings is 1. The maximum atomic E-state index is 13.0. The molecule has 0 unspecified atom stereocenters. The van der Waals surface area contributed by atoms with E-state index in [0.717, 1.165) is 5.56 Å². The van der Waals surface area contributed by atoms with Gasteiger partial charge in [-0.1, -0.05) is 19.9 Å². The first-order valence-corrected chi connectivity index (χ1v) is 10.6. The van der Waals surface area contributed by atoms with Gasteiger partial charge in [-0.2, -0.15) is 0 Å². The van der Waals surface area contributed by atoms with E-state index in [2.05, 4.69) is 19.2 Å². The quantitative estimate of drug-likeness (QED) is 0.751. The fourth-order valence-corrected chi connectivity index (χ4v) is 4.36. The Hall–Kier alpha value is -2.54. The van der Waals surface area contributed by atoms with Crippen molar-refractivity contribution in [2.75, 3.05) is 33.9 Å². The van der Waals surface area contributed by atoms with Gasteiger partial charge in [-0.15, -0.1) is 11.3 Å². The predicted octanol–water partition coefficient (Wildman–Crippen LogP) is 3.39. The van der Waals surface area contributed by atoms with Crippen LogP contribution in [0.2, 0.25) is 0 Å². The van der Waals surface area contributed by atoms with Crippen molar-refractivity contribution in [2.24, 2.45) is 11.8 Å². The number of methoxy groups -OCH3 is 2. The molecular formula is C22H28N2O4S. The van der Waals surface area contributed by atoms with Gasteiger partial charge in [0.25, 0.3) is 5.91 Å². The van der Waals surface area contributed by atoms with E-state index in [0.29, 0.717) is 41.9 Å². The highest BCUT2D eigenvalue weighted by Crippen LogP contribution is 2.40. The lowest BCUT2D eigenvalue weighted by molar-refractivity contribution is -0.125. The topological polar surface area (TPSA) is 67.9 Å². The van der Waals surface area contributed by atoms with E-state index in [1.54, 1.807) is 19.1 Å². The zero-order chi connectivity index (χ0) is 21.0. The van der Waals surface area contributed by atoms with Crippen LogP contribution >= 0.6 is 11.3 Å². The van der Waals surface area contributed by atoms with Crippen molar-refractivity contribution in [1.29, 1.82) is 0 Å². The average molecular weight is 417 g/mol. The monoisotopic (exact) mass is 416 g/mol. The lowest BCUT2D eigenvalue weighted by Gasteiger charge is -2.21. The number of ether oxygens (including phenoxy) is 2. The molecule has 7 heteroatoms. The van der Waals surface area contributed by atoms with Crippen LogP contribution in [-0.2, 0) is 4.79 Å². The number of benzene rings is 1. The van der Waals surface area contributed by atoms with E-state index in [1.165, 1.54) is 11.3 Å². The minimum absolute atomic E-state index is 0.0324. The summed E-state index contributed by atoms with van der Waals surface area (Å²) in [5.41, 5.74) is 0.887. The van der Waals surface area contributed by atoms with Crippen LogP contribution in [0.25, 0.3) is 0 Å². The number of nitrogens with one attached hydrogen (secondary N) is 1. The number of hydrogen-bond donors (Lipinski definition) is 1. The third-order valence-corrected chi connectivity index (χ3v) is 6.05. The lowest BCUT2D eigenvalue weighted by atomic mass is 9.87. The van der Waals surface area contributed by atoms with Crippen molar-refractivity contribution in [3.05, 3.63) is 46.2 Å². The van der Waals surface area contributed by atoms with Gasteiger partial charge in [-0.3, -0.25) is 9.59 Å². The Balaban J connectivity index is 1.92. The Morgan fingerprint density at radius 1 is 1.21 bits per heavy atom. The van der Waals surface area contributed by atoms with Crippen LogP contribution in [0.5, 0.6) is 11.5 Å². The van der Waals surface area contributed by atoms with Crippen molar-refractivity contribution >= 4 is 23.2 Å². The molecule has 0 radical (unpaired) electrons. The number of carbonyl (C=O) groups is 2. The van der Waals surface area contributed by atoms with E-state index in [9.17, 15) is 9.59 Å². The van der Waals surface area contributed by atoms with E-state index in [-0.39, 0.29) is 23.7 Å². The molecule has 3 rings (SSSR count). The SMILES string of the molecule is COc1ccc(OC)c([C@H]2CN(C(=O)c3cccs3)C[C@@H]2C(=O)NCC(C)C)c1. The summed E-state index contributed by atoms with van der Waals surface area (Å²) in [5.74, 6) is 1.16. The van der Waals surface area contributed by atoms with Gasteiger partial charge < -0.3 is 19.7 Å². The van der Waals surface area contributed by atoms with Crippen molar-refractivity contribution < 1.29 is 19.1 Å². The van der Waals surface area contributed by atoms with Gasteiger partial charge in [0.15, 0.2) is 0 Å². The fourth-order valence-electron chi connectivity index (χ4n) is 3.67. The summed E-state index contributed by atoms with van der Waals surface area (Å²) in [7, 11) is 3.22. The second-order valence-corrected chi connectivity index (χ2v) is 8.59. The number of nitrogens with zero attached hydrogens (tertiary/aromatic N) is 1. The highest BCUT2D eigenvalue weighted by atomic mass is 32.1. The summed E-state index contributed by atoms with van der Waals surface area (Å²) in [6, 6.07) is 9.27. The van der Waals surface area contributed by atoms with Gasteiger partial charge >= 0.3 is 0 Å². The summed E-state index contributed by atoms with van der Waals surface area (Å²) < 4.78 is 10.9. The Morgan fingerprint density at radius 3 is 2.62 bits per heavy atom. The van der Waals surface area contributed by atoms with Crippen molar-refractivity contribution in [3.63, 3.8) is 0 Å². The summed E-state index contributed by atoms with van der Waals surface area (Å²) in [6.45, 7) is 5.57. The number of carbonyl (C=O) groups excluding carboxylic acids is 2. The third-order valence-electron chi connectivity index (χ3n) is 5.20. The van der Waals surface area contributed by atoms with E-state index in [1.807, 2.05) is 35.7 Å². The van der Waals surface area contributed by atoms with Crippen LogP contribution in [0.1, 0.15) is 35.0 Å². The van der Waals surface area contributed by atoms with Gasteiger partial charge in [-0.05, 0) is 35.6 Å². The first-order valence-electron chi connectivity index (χ1n) is 9.77. The van der Waals surface area contributed by atoms with Crippen LogP contribution in [0.15, 0.2) is 35.7 Å². The first-order chi connectivity index (χ1) is 13.9. The average Bonchev–Trinajstić information content (AvgIpc) is 3.41. The normalized spacial score (nSPS) is 18.7. The second-order valence-electron chi connectivity index (χ2n) is 7.65. The Bertz CT molecular complexity index is 851. The molecule has 0 bridgehead atoms. The Kier molecular flexibility index (Phi) is 6.79. The maximum absolute atomic E-state index is 13.0. The minimum atomic E-state index is -0.348. The van der Waals surface area contributed by atoms with Crippen molar-refractivity contribution in [2.45, 2.75) is 19.8 Å². The van der Waals surface area contributed by atoms with Gasteiger partial charge in [0.1, 0.15) is 11.5 Å². The summed E-state index contributed by atoms with van der Waals surface area (Å²) in [6.07, 6.45) is 0. The number of rotatable bonds is 7. The highest BCUT2D eigenvalue weighted by Gasteiger charge is 2.42. The van der Waals surface area contributed by atoms with Gasteiger partial charge in [0, 0.05) is 31.1 Å². The molecule has 1 N–H and O–H groups in total. The smallest absolute Gasteiger partial charge is 0.263 e. The summed E-state index contributed by atoms with van der Waals surface area (Å²) in [5, 5.41) is 4.93. The van der Waals surface area contributed by atoms with E-state index < -0.39 is 0 Å². The number of hydrogen-bond acceptors (Lipinski definition) is 5. The largest absolute Gasteiger partial charge is 0.497 e. The maximum Gasteiger partial charge on any atom is 0.263 e. The van der Waals surface area contributed by atoms with Gasteiger partial charge in [0.2, 0.25) is 5.91 Å². The number of amides is 2. The van der Waals surface area contributed by atoms with E-state index in [4.69, 9.17) is 9.47 Å². The van der Waals surface area contributed by atoms with Gasteiger partial charge in [0.05, 0.1) is 25.0 Å². The van der Waals surface area contributed by atoms with Crippen LogP contribution in [0, 0.1) is 11.8 Å². The second kappa shape index (κ2) is 9.31. The molecule has 2 heterocycles. The zero-order valence-electron chi connectivity index (χ0n) is 17.3. The van der Waals surface area contributed by atoms with Gasteiger partial charge in [-0.25, -0.2) is 0 Å². The molecular weight excluding hydrogens is 388 g/mol. The molecule has 2 atom stereocenters. The molecule has 0 spiro atoms. The van der Waals surface area contributed by atoms with Crippen LogP contribution < -0.4 is 14.8 Å². The Labute approximate surface area is 175 Å². The predicted molar refractivity (Wildman–Crippen MR) is 114 cm³/mol. The summed E-state index contributed by atoms with van der Waals surface area (Å²) in [4.78, 5) is 28.4. The molecule has 2 amide bonds. The lowest BCUT2D eigenvalue weighted by Crippen LogP contribution is -2.37. The molecule has 29 heavy (non-hydrogen) atoms. The van der Waals surface area contributed by atoms with Crippen molar-refractivity contribution in [3.8, 4) is 11.5 Å². The molecule has 1 aromatic heterocycles. The first kappa shape index (κ1) is 21.2. The molecule has 2 aromatic rings. The highest BCUT2D eigenvalue weighted by molar-refractivity contribution is 7.12. The summed E-state index contributed by atoms with van der Waals surface area (Å²) >= 11 is 1.42. The molecule has 1 fully saturated rings.